The molecule has 0 aliphatic carbocycles. The van der Waals surface area contributed by atoms with E-state index in [1.807, 2.05) is 84.9 Å². The minimum absolute atomic E-state index is 0.133. The zero-order valence-corrected chi connectivity index (χ0v) is 27.5. The van der Waals surface area contributed by atoms with Gasteiger partial charge in [0, 0.05) is 48.0 Å². The minimum atomic E-state index is -1.17. The van der Waals surface area contributed by atoms with Gasteiger partial charge in [0.2, 0.25) is 10.6 Å². The van der Waals surface area contributed by atoms with Crippen molar-refractivity contribution in [2.45, 2.75) is 4.90 Å². The number of fused-ring (bicyclic) bond motifs is 3. The summed E-state index contributed by atoms with van der Waals surface area (Å²) in [6.45, 7) is 0. The van der Waals surface area contributed by atoms with Crippen LogP contribution in [0.2, 0.25) is 20.6 Å². The molecule has 1 atom stereocenters. The molecule has 0 amide bonds. The molecule has 0 saturated heterocycles. The second-order valence-electron chi connectivity index (χ2n) is 9.50. The summed E-state index contributed by atoms with van der Waals surface area (Å²) < 4.78 is 14.1. The second kappa shape index (κ2) is 13.3. The van der Waals surface area contributed by atoms with E-state index < -0.39 is 10.8 Å². The molecule has 4 aromatic carbocycles. The highest BCUT2D eigenvalue weighted by Crippen LogP contribution is 2.39. The van der Waals surface area contributed by atoms with Crippen molar-refractivity contribution < 1.29 is 4.21 Å². The molecule has 0 bridgehead atoms. The average molecular weight is 694 g/mol. The van der Waals surface area contributed by atoms with Gasteiger partial charge in [0.25, 0.3) is 0 Å². The Morgan fingerprint density at radius 3 is 1.95 bits per heavy atom. The van der Waals surface area contributed by atoms with Crippen LogP contribution in [0.4, 0.5) is 0 Å². The molecular formula is C33H20Cl4N4OS2. The lowest BCUT2D eigenvalue weighted by Gasteiger charge is -2.09. The molecule has 44 heavy (non-hydrogen) atoms. The summed E-state index contributed by atoms with van der Waals surface area (Å²) in [5, 5.41) is 2.64. The van der Waals surface area contributed by atoms with Crippen LogP contribution in [-0.4, -0.2) is 30.4 Å². The molecule has 0 N–H and O–H groups in total. The first kappa shape index (κ1) is 30.6. The summed E-state index contributed by atoms with van der Waals surface area (Å²) in [5.41, 5.74) is 5.67. The number of thiophene rings is 1. The summed E-state index contributed by atoms with van der Waals surface area (Å²) in [6.07, 6.45) is 1.62. The van der Waals surface area contributed by atoms with Crippen molar-refractivity contribution in [1.29, 1.82) is 0 Å². The number of hydrogen-bond donors (Lipinski definition) is 0. The first-order chi connectivity index (χ1) is 21.3. The molecule has 7 rings (SSSR count). The van der Waals surface area contributed by atoms with Gasteiger partial charge < -0.3 is 0 Å². The minimum Gasteiger partial charge on any atom is -0.255 e. The predicted molar refractivity (Wildman–Crippen MR) is 186 cm³/mol. The maximum absolute atomic E-state index is 12.0. The first-order valence-corrected chi connectivity index (χ1v) is 17.0. The van der Waals surface area contributed by atoms with Crippen LogP contribution in [0.1, 0.15) is 0 Å². The van der Waals surface area contributed by atoms with Crippen molar-refractivity contribution in [3.05, 3.63) is 124 Å². The number of aromatic nitrogens is 4. The standard InChI is InChI=1S/C17H12Cl2N2OS.C16H8Cl2N2S/c1-23(22)16-8-7-12(18)9-13(16)15-10-14(20-17(19)21-15)11-5-3-2-4-6-11;17-10-6-7-12-11(8-10)14-15(21-12)13(19-16(18)20-14)9-4-2-1-3-5-9/h2-10H,1H3;1-8H. The van der Waals surface area contributed by atoms with E-state index in [0.717, 1.165) is 37.1 Å². The summed E-state index contributed by atoms with van der Waals surface area (Å²) in [5.74, 6) is 0. The number of halogens is 4. The maximum atomic E-state index is 12.0. The Labute approximate surface area is 280 Å². The molecule has 218 valence electrons. The first-order valence-electron chi connectivity index (χ1n) is 13.1. The number of nitrogens with zero attached hydrogens (tertiary/aromatic N) is 4. The van der Waals surface area contributed by atoms with E-state index in [4.69, 9.17) is 46.4 Å². The lowest BCUT2D eigenvalue weighted by Crippen LogP contribution is -1.97. The zero-order valence-electron chi connectivity index (χ0n) is 22.8. The Morgan fingerprint density at radius 1 is 0.636 bits per heavy atom. The molecule has 0 spiro atoms. The van der Waals surface area contributed by atoms with E-state index in [1.54, 1.807) is 35.8 Å². The van der Waals surface area contributed by atoms with Gasteiger partial charge in [-0.2, -0.15) is 0 Å². The Bertz CT molecular complexity index is 2160. The third kappa shape index (κ3) is 6.64. The SMILES string of the molecule is CS(=O)c1ccc(Cl)cc1-c1cc(-c2ccccc2)nc(Cl)n1.Clc1ccc2sc3c(-c4ccccc4)nc(Cl)nc3c2c1. The Kier molecular flexibility index (Phi) is 9.23. The fourth-order valence-corrected chi connectivity index (χ4v) is 7.21. The van der Waals surface area contributed by atoms with E-state index in [0.29, 0.717) is 31.9 Å². The molecular weight excluding hydrogens is 674 g/mol. The van der Waals surface area contributed by atoms with Crippen LogP contribution in [-0.2, 0) is 10.8 Å². The van der Waals surface area contributed by atoms with Crippen LogP contribution in [0.5, 0.6) is 0 Å². The normalized spacial score (nSPS) is 11.8. The zero-order chi connectivity index (χ0) is 30.8. The molecule has 5 nitrogen and oxygen atoms in total. The molecule has 3 aromatic heterocycles. The molecule has 0 fully saturated rings. The van der Waals surface area contributed by atoms with Crippen LogP contribution in [0.15, 0.2) is 108 Å². The molecule has 0 radical (unpaired) electrons. The molecule has 0 aliphatic heterocycles. The fourth-order valence-electron chi connectivity index (χ4n) is 4.65. The van der Waals surface area contributed by atoms with E-state index in [1.165, 1.54) is 0 Å². The van der Waals surface area contributed by atoms with Crippen LogP contribution < -0.4 is 0 Å². The van der Waals surface area contributed by atoms with Crippen LogP contribution in [0.3, 0.4) is 0 Å². The number of hydrogen-bond acceptors (Lipinski definition) is 6. The lowest BCUT2D eigenvalue weighted by atomic mass is 10.1. The quantitative estimate of drug-likeness (QED) is 0.172. The largest absolute Gasteiger partial charge is 0.255 e. The second-order valence-corrected chi connectivity index (χ2v) is 13.4. The van der Waals surface area contributed by atoms with Gasteiger partial charge in [-0.15, -0.1) is 11.3 Å². The predicted octanol–water partition coefficient (Wildman–Crippen LogP) is 10.7. The maximum Gasteiger partial charge on any atom is 0.223 e. The highest BCUT2D eigenvalue weighted by molar-refractivity contribution is 7.84. The molecule has 7 aromatic rings. The van der Waals surface area contributed by atoms with Crippen LogP contribution in [0, 0.1) is 0 Å². The van der Waals surface area contributed by atoms with Crippen molar-refractivity contribution in [1.82, 2.24) is 19.9 Å². The Balaban J connectivity index is 0.000000156. The summed E-state index contributed by atoms with van der Waals surface area (Å²) in [4.78, 5) is 18.0. The molecule has 11 heteroatoms. The van der Waals surface area contributed by atoms with Gasteiger partial charge in [0.05, 0.1) is 38.1 Å². The van der Waals surface area contributed by atoms with Gasteiger partial charge >= 0.3 is 0 Å². The van der Waals surface area contributed by atoms with Crippen LogP contribution in [0.25, 0.3) is 54.1 Å². The average Bonchev–Trinajstić information content (AvgIpc) is 3.39. The van der Waals surface area contributed by atoms with E-state index in [9.17, 15) is 4.21 Å². The molecule has 1 unspecified atom stereocenters. The summed E-state index contributed by atoms with van der Waals surface area (Å²) in [6, 6.07) is 32.5. The van der Waals surface area contributed by atoms with E-state index in [2.05, 4.69) is 19.9 Å². The summed E-state index contributed by atoms with van der Waals surface area (Å²) >= 11 is 26.1. The van der Waals surface area contributed by atoms with Crippen molar-refractivity contribution in [3.63, 3.8) is 0 Å². The Hall–Kier alpha value is -3.43. The number of rotatable bonds is 4. The van der Waals surface area contributed by atoms with E-state index in [-0.39, 0.29) is 10.6 Å². The third-order valence-corrected chi connectivity index (χ3v) is 9.54. The van der Waals surface area contributed by atoms with Gasteiger partial charge in [0.1, 0.15) is 0 Å². The third-order valence-electron chi connectivity index (χ3n) is 6.59. The Morgan fingerprint density at radius 2 is 1.25 bits per heavy atom. The van der Waals surface area contributed by atoms with Crippen LogP contribution >= 0.6 is 57.7 Å². The van der Waals surface area contributed by atoms with Gasteiger partial charge in [0.15, 0.2) is 0 Å². The van der Waals surface area contributed by atoms with Gasteiger partial charge in [-0.1, -0.05) is 83.9 Å². The van der Waals surface area contributed by atoms with Crippen molar-refractivity contribution in [2.75, 3.05) is 6.26 Å². The van der Waals surface area contributed by atoms with Crippen molar-refractivity contribution >= 4 is 88.8 Å². The van der Waals surface area contributed by atoms with Gasteiger partial charge in [-0.05, 0) is 65.7 Å². The van der Waals surface area contributed by atoms with Gasteiger partial charge in [-0.3, -0.25) is 4.21 Å². The van der Waals surface area contributed by atoms with E-state index >= 15 is 0 Å². The lowest BCUT2D eigenvalue weighted by molar-refractivity contribution is 0.687. The van der Waals surface area contributed by atoms with Gasteiger partial charge in [-0.25, -0.2) is 19.9 Å². The topological polar surface area (TPSA) is 68.6 Å². The molecule has 3 heterocycles. The van der Waals surface area contributed by atoms with Crippen molar-refractivity contribution in [3.8, 4) is 33.8 Å². The highest BCUT2D eigenvalue weighted by Gasteiger charge is 2.16. The molecule has 0 saturated carbocycles. The summed E-state index contributed by atoms with van der Waals surface area (Å²) in [7, 11) is -1.17. The van der Waals surface area contributed by atoms with Crippen molar-refractivity contribution in [2.24, 2.45) is 0 Å². The molecule has 0 aliphatic rings. The monoisotopic (exact) mass is 692 g/mol. The number of benzene rings is 4. The fraction of sp³-hybridized carbons (Fsp3) is 0.0303. The highest BCUT2D eigenvalue weighted by atomic mass is 35.5. The smallest absolute Gasteiger partial charge is 0.223 e.